The summed E-state index contributed by atoms with van der Waals surface area (Å²) in [5.74, 6) is 0. The number of hydrogen-bond donors (Lipinski definition) is 2. The largest absolute Gasteiger partial charge is 0.320 e. The van der Waals surface area contributed by atoms with E-state index in [1.807, 2.05) is 0 Å². The Bertz CT molecular complexity index is 507. The maximum Gasteiger partial charge on any atom is 0.243 e. The summed E-state index contributed by atoms with van der Waals surface area (Å²) in [6.07, 6.45) is 2.07. The molecule has 0 radical (unpaired) electrons. The lowest BCUT2D eigenvalue weighted by molar-refractivity contribution is 0.576. The molecule has 92 valence electrons. The Morgan fingerprint density at radius 1 is 1.47 bits per heavy atom. The highest BCUT2D eigenvalue weighted by Crippen LogP contribution is 2.11. The topological polar surface area (TPSA) is 94.9 Å². The first-order valence-electron chi connectivity index (χ1n) is 5.11. The molecule has 2 N–H and O–H groups in total. The molecule has 0 bridgehead atoms. The van der Waals surface area contributed by atoms with Crippen molar-refractivity contribution in [3.8, 4) is 6.07 Å². The Morgan fingerprint density at radius 3 is 2.88 bits per heavy atom. The van der Waals surface area contributed by atoms with Gasteiger partial charge in [0.15, 0.2) is 5.69 Å². The number of hydrogen-bond acceptors (Lipinski definition) is 5. The number of aromatic nitrogens is 1. The second kappa shape index (κ2) is 6.30. The van der Waals surface area contributed by atoms with E-state index in [0.717, 1.165) is 6.54 Å². The van der Waals surface area contributed by atoms with E-state index in [1.165, 1.54) is 18.3 Å². The quantitative estimate of drug-likeness (QED) is 0.688. The summed E-state index contributed by atoms with van der Waals surface area (Å²) < 4.78 is 26.1. The van der Waals surface area contributed by atoms with Gasteiger partial charge >= 0.3 is 0 Å². The predicted molar refractivity (Wildman–Crippen MR) is 62.7 cm³/mol. The summed E-state index contributed by atoms with van der Waals surface area (Å²) in [5, 5.41) is 11.7. The predicted octanol–water partition coefficient (Wildman–Crippen LogP) is -0.159. The SMILES string of the molecule is CNCCCNS(=O)(=O)c1cccnc1C#N. The van der Waals surface area contributed by atoms with Crippen LogP contribution in [0.2, 0.25) is 0 Å². The monoisotopic (exact) mass is 254 g/mol. The molecule has 7 heteroatoms. The van der Waals surface area contributed by atoms with Gasteiger partial charge in [-0.1, -0.05) is 0 Å². The van der Waals surface area contributed by atoms with Crippen LogP contribution in [0.3, 0.4) is 0 Å². The molecule has 0 aliphatic carbocycles. The minimum absolute atomic E-state index is 0.0769. The van der Waals surface area contributed by atoms with Crippen molar-refractivity contribution in [3.05, 3.63) is 24.0 Å². The zero-order chi connectivity index (χ0) is 12.7. The van der Waals surface area contributed by atoms with Crippen molar-refractivity contribution in [2.45, 2.75) is 11.3 Å². The van der Waals surface area contributed by atoms with Gasteiger partial charge in [0, 0.05) is 12.7 Å². The average molecular weight is 254 g/mol. The standard InChI is InChI=1S/C10H14N4O2S/c1-12-5-3-7-14-17(15,16)10-4-2-6-13-9(10)8-11/h2,4,6,12,14H,3,5,7H2,1H3. The van der Waals surface area contributed by atoms with E-state index in [2.05, 4.69) is 15.0 Å². The van der Waals surface area contributed by atoms with Crippen molar-refractivity contribution in [2.24, 2.45) is 0 Å². The molecule has 17 heavy (non-hydrogen) atoms. The Kier molecular flexibility index (Phi) is 5.03. The maximum atomic E-state index is 11.9. The number of nitrogens with one attached hydrogen (secondary N) is 2. The first kappa shape index (κ1) is 13.6. The molecule has 1 rings (SSSR count). The van der Waals surface area contributed by atoms with E-state index in [1.54, 1.807) is 13.1 Å². The van der Waals surface area contributed by atoms with Crippen LogP contribution in [0.1, 0.15) is 12.1 Å². The molecule has 0 unspecified atom stereocenters. The van der Waals surface area contributed by atoms with E-state index in [9.17, 15) is 8.42 Å². The fourth-order valence-electron chi connectivity index (χ4n) is 1.24. The van der Waals surface area contributed by atoms with Crippen LogP contribution in [-0.4, -0.2) is 33.5 Å². The molecule has 0 amide bonds. The van der Waals surface area contributed by atoms with Crippen LogP contribution in [-0.2, 0) is 10.0 Å². The molecule has 1 aromatic rings. The third kappa shape index (κ3) is 3.78. The van der Waals surface area contributed by atoms with Crippen LogP contribution >= 0.6 is 0 Å². The normalized spacial score (nSPS) is 11.1. The summed E-state index contributed by atoms with van der Waals surface area (Å²) in [6, 6.07) is 4.62. The molecule has 0 saturated carbocycles. The summed E-state index contributed by atoms with van der Waals surface area (Å²) in [4.78, 5) is 3.64. The smallest absolute Gasteiger partial charge is 0.243 e. The lowest BCUT2D eigenvalue weighted by Crippen LogP contribution is -2.27. The molecule has 6 nitrogen and oxygen atoms in total. The van der Waals surface area contributed by atoms with Crippen molar-refractivity contribution < 1.29 is 8.42 Å². The molecular weight excluding hydrogens is 240 g/mol. The summed E-state index contributed by atoms with van der Waals surface area (Å²) >= 11 is 0. The van der Waals surface area contributed by atoms with Crippen molar-refractivity contribution in [1.82, 2.24) is 15.0 Å². The molecule has 0 aliphatic heterocycles. The molecule has 0 spiro atoms. The number of nitrogens with zero attached hydrogens (tertiary/aromatic N) is 2. The zero-order valence-corrected chi connectivity index (χ0v) is 10.3. The molecule has 0 fully saturated rings. The third-order valence-electron chi connectivity index (χ3n) is 2.06. The maximum absolute atomic E-state index is 11.9. The third-order valence-corrected chi connectivity index (χ3v) is 3.55. The minimum atomic E-state index is -3.65. The van der Waals surface area contributed by atoms with Gasteiger partial charge in [-0.25, -0.2) is 18.1 Å². The van der Waals surface area contributed by atoms with E-state index >= 15 is 0 Å². The molecular formula is C10H14N4O2S. The Labute approximate surface area is 101 Å². The first-order valence-corrected chi connectivity index (χ1v) is 6.59. The van der Waals surface area contributed by atoms with E-state index < -0.39 is 10.0 Å². The van der Waals surface area contributed by atoms with E-state index in [4.69, 9.17) is 5.26 Å². The van der Waals surface area contributed by atoms with E-state index in [-0.39, 0.29) is 10.6 Å². The second-order valence-electron chi connectivity index (χ2n) is 3.32. The van der Waals surface area contributed by atoms with Gasteiger partial charge in [0.1, 0.15) is 11.0 Å². The van der Waals surface area contributed by atoms with Gasteiger partial charge in [-0.3, -0.25) is 0 Å². The molecule has 1 aromatic heterocycles. The van der Waals surface area contributed by atoms with Gasteiger partial charge in [-0.2, -0.15) is 5.26 Å². The average Bonchev–Trinajstić information content (AvgIpc) is 2.34. The lowest BCUT2D eigenvalue weighted by atomic mass is 10.4. The molecule has 0 aliphatic rings. The number of nitriles is 1. The molecule has 0 saturated heterocycles. The zero-order valence-electron chi connectivity index (χ0n) is 9.47. The Morgan fingerprint density at radius 2 is 2.24 bits per heavy atom. The minimum Gasteiger partial charge on any atom is -0.320 e. The second-order valence-corrected chi connectivity index (χ2v) is 5.05. The summed E-state index contributed by atoms with van der Waals surface area (Å²) in [6.45, 7) is 1.05. The van der Waals surface area contributed by atoms with Gasteiger partial charge in [0.25, 0.3) is 0 Å². The van der Waals surface area contributed by atoms with Gasteiger partial charge in [-0.15, -0.1) is 0 Å². The van der Waals surface area contributed by atoms with Crippen molar-refractivity contribution >= 4 is 10.0 Å². The Balaban J connectivity index is 2.80. The highest BCUT2D eigenvalue weighted by molar-refractivity contribution is 7.89. The summed E-state index contributed by atoms with van der Waals surface area (Å²) in [5.41, 5.74) is -0.0892. The van der Waals surface area contributed by atoms with E-state index in [0.29, 0.717) is 13.0 Å². The van der Waals surface area contributed by atoms with Crippen LogP contribution in [0.5, 0.6) is 0 Å². The van der Waals surface area contributed by atoms with Crippen LogP contribution in [0.25, 0.3) is 0 Å². The van der Waals surface area contributed by atoms with Crippen molar-refractivity contribution in [3.63, 3.8) is 0 Å². The summed E-state index contributed by atoms with van der Waals surface area (Å²) in [7, 11) is -1.85. The fourth-order valence-corrected chi connectivity index (χ4v) is 2.42. The molecule has 0 aromatic carbocycles. The van der Waals surface area contributed by atoms with Gasteiger partial charge in [-0.05, 0) is 32.1 Å². The van der Waals surface area contributed by atoms with Crippen LogP contribution < -0.4 is 10.0 Å². The highest BCUT2D eigenvalue weighted by Gasteiger charge is 2.18. The van der Waals surface area contributed by atoms with Gasteiger partial charge in [0.2, 0.25) is 10.0 Å². The molecule has 0 atom stereocenters. The van der Waals surface area contributed by atoms with Gasteiger partial charge < -0.3 is 5.32 Å². The van der Waals surface area contributed by atoms with Crippen LogP contribution in [0, 0.1) is 11.3 Å². The van der Waals surface area contributed by atoms with Crippen molar-refractivity contribution in [1.29, 1.82) is 5.26 Å². The van der Waals surface area contributed by atoms with Crippen LogP contribution in [0.15, 0.2) is 23.2 Å². The van der Waals surface area contributed by atoms with Crippen molar-refractivity contribution in [2.75, 3.05) is 20.1 Å². The lowest BCUT2D eigenvalue weighted by Gasteiger charge is -2.07. The first-order chi connectivity index (χ1) is 8.11. The molecule has 1 heterocycles. The van der Waals surface area contributed by atoms with Crippen LogP contribution in [0.4, 0.5) is 0 Å². The van der Waals surface area contributed by atoms with Gasteiger partial charge in [0.05, 0.1) is 0 Å². The number of pyridine rings is 1. The fraction of sp³-hybridized carbons (Fsp3) is 0.400. The number of rotatable bonds is 6. The number of sulfonamides is 1. The Hall–Kier alpha value is -1.49. The highest BCUT2D eigenvalue weighted by atomic mass is 32.2.